The first-order chi connectivity index (χ1) is 49.6. The van der Waals surface area contributed by atoms with E-state index in [1.807, 2.05) is 56.6 Å². The number of nitrogens with zero attached hydrogens (tertiary/aromatic N) is 9. The Balaban J connectivity index is 1.21. The lowest BCUT2D eigenvalue weighted by atomic mass is 10.1. The van der Waals surface area contributed by atoms with E-state index in [4.69, 9.17) is 69.8 Å². The number of hydrogen-bond acceptors (Lipinski definition) is 16. The number of phosphoric ester groups is 1. The van der Waals surface area contributed by atoms with Gasteiger partial charge in [-0.15, -0.1) is 14.3 Å². The third kappa shape index (κ3) is 35.0. The summed E-state index contributed by atoms with van der Waals surface area (Å²) in [6, 6.07) is 0. The van der Waals surface area contributed by atoms with Gasteiger partial charge in [0.15, 0.2) is 0 Å². The van der Waals surface area contributed by atoms with Gasteiger partial charge in [-0.25, -0.2) is 18.3 Å². The molecule has 0 amide bonds. The maximum atomic E-state index is 16.0. The number of likely N-dealkylation sites (N-methyl/N-ethyl adjacent to an activating group) is 3. The quantitative estimate of drug-likeness (QED) is 0.0423. The second-order valence-electron chi connectivity index (χ2n) is 30.4. The largest absolute Gasteiger partial charge is 0.472 e. The Morgan fingerprint density at radius 3 is 1.02 bits per heavy atom. The molecule has 0 aromatic carbocycles. The normalized spacial score (nSPS) is 24.9. The molecule has 0 aromatic heterocycles. The van der Waals surface area contributed by atoms with Gasteiger partial charge >= 0.3 is 31.1 Å². The smallest absolute Gasteiger partial charge is 0.396 e. The predicted octanol–water partition coefficient (Wildman–Crippen LogP) is 16.9. The Morgan fingerprint density at radius 1 is 0.398 bits per heavy atom. The zero-order valence-corrected chi connectivity index (χ0v) is 69.1. The van der Waals surface area contributed by atoms with Crippen LogP contribution in [0.4, 0.5) is 0 Å². The van der Waals surface area contributed by atoms with Crippen LogP contribution in [0, 0.1) is 0 Å². The van der Waals surface area contributed by atoms with E-state index in [0.717, 1.165) is 70.9 Å². The number of guanidine groups is 3. The number of rotatable bonds is 59. The summed E-state index contributed by atoms with van der Waals surface area (Å²) in [6.45, 7) is 18.0. The van der Waals surface area contributed by atoms with Gasteiger partial charge in [0.2, 0.25) is 17.9 Å². The second-order valence-corrected chi connectivity index (χ2v) is 36.6. The highest BCUT2D eigenvalue weighted by atomic mass is 31.2. The molecule has 6 aliphatic rings. The Hall–Kier alpha value is -1.79. The average molecular weight is 1540 g/mol. The van der Waals surface area contributed by atoms with E-state index in [1.54, 1.807) is 0 Å². The lowest BCUT2D eigenvalue weighted by molar-refractivity contribution is -0.0144. The van der Waals surface area contributed by atoms with Gasteiger partial charge in [0.05, 0.1) is 50.3 Å². The van der Waals surface area contributed by atoms with Crippen molar-refractivity contribution in [2.24, 2.45) is 14.3 Å². The van der Waals surface area contributed by atoms with Crippen LogP contribution in [-0.4, -0.2) is 232 Å². The molecule has 0 spiro atoms. The number of hydrogen-bond donors (Lipinski definition) is 2. The molecule has 5 unspecified atom stereocenters. The summed E-state index contributed by atoms with van der Waals surface area (Å²) in [7, 11) is -12.1. The van der Waals surface area contributed by atoms with E-state index >= 15 is 13.7 Å². The summed E-state index contributed by atoms with van der Waals surface area (Å²) in [5.74, 6) is 1.49. The minimum absolute atomic E-state index is 0.0118. The number of aliphatic hydroxyl groups is 1. The van der Waals surface area contributed by atoms with Crippen LogP contribution in [-0.2, 0) is 68.7 Å². The van der Waals surface area contributed by atoms with Gasteiger partial charge in [-0.1, -0.05) is 207 Å². The van der Waals surface area contributed by atoms with Crippen molar-refractivity contribution >= 4 is 48.9 Å². The first-order valence-electron chi connectivity index (χ1n) is 40.7. The molecular formula is C73H143N9O17P4. The van der Waals surface area contributed by atoms with Crippen molar-refractivity contribution in [2.45, 2.75) is 321 Å². The molecule has 10 atom stereocenters. The molecule has 26 nitrogen and oxygen atoms in total. The van der Waals surface area contributed by atoms with E-state index < -0.39 is 79.9 Å². The third-order valence-electron chi connectivity index (χ3n) is 20.1. The van der Waals surface area contributed by atoms with Crippen LogP contribution in [0.3, 0.4) is 0 Å². The van der Waals surface area contributed by atoms with Crippen LogP contribution in [0.15, 0.2) is 14.3 Å². The van der Waals surface area contributed by atoms with E-state index in [2.05, 4.69) is 35.5 Å². The maximum Gasteiger partial charge on any atom is 0.472 e. The Kier molecular flexibility index (Phi) is 43.3. The topological polar surface area (TPSA) is 267 Å². The van der Waals surface area contributed by atoms with Crippen molar-refractivity contribution in [3.63, 3.8) is 0 Å². The highest BCUT2D eigenvalue weighted by Gasteiger charge is 2.47. The molecule has 6 rings (SSSR count). The SMILES string of the molecule is CCCCCCCCCCCCN1CCN(C)C1=NP(=O)(OC[C@H]1OCC[C@H]1OP(=O)(N=C1N(C)CCN1CCCCCCCCCCCC)OCC1OCC[C@H]1OP(=O)(N=C1N(C)CCN1CCCCCCCCCCCC)OC(C)(C)C)O[C@@H]1CCO[C@@H]1COP(=O)(O)OCCCCCCO. The van der Waals surface area contributed by atoms with Crippen molar-refractivity contribution in [2.75, 3.05) is 133 Å². The number of phosphoric acid groups is 1. The maximum absolute atomic E-state index is 16.0. The van der Waals surface area contributed by atoms with Gasteiger partial charge < -0.3 is 53.6 Å². The molecule has 6 heterocycles. The van der Waals surface area contributed by atoms with Crippen LogP contribution in [0.25, 0.3) is 0 Å². The molecule has 0 aromatic rings. The first-order valence-corrected chi connectivity index (χ1v) is 46.7. The summed E-state index contributed by atoms with van der Waals surface area (Å²) in [6.07, 6.45) is 34.1. The summed E-state index contributed by atoms with van der Waals surface area (Å²) in [5, 5.41) is 9.15. The van der Waals surface area contributed by atoms with Gasteiger partial charge in [0, 0.05) is 126 Å². The summed E-state index contributed by atoms with van der Waals surface area (Å²) < 4.78 is 143. The summed E-state index contributed by atoms with van der Waals surface area (Å²) in [5.41, 5.74) is -0.903. The van der Waals surface area contributed by atoms with Gasteiger partial charge in [-0.05, 0) is 52.9 Å². The fourth-order valence-corrected chi connectivity index (χ4v) is 19.8. The highest BCUT2D eigenvalue weighted by Crippen LogP contribution is 2.59. The summed E-state index contributed by atoms with van der Waals surface area (Å²) in [4.78, 5) is 23.0. The molecule has 6 aliphatic heterocycles. The van der Waals surface area contributed by atoms with Crippen LogP contribution >= 0.6 is 31.1 Å². The minimum Gasteiger partial charge on any atom is -0.396 e. The van der Waals surface area contributed by atoms with Crippen LogP contribution in [0.1, 0.15) is 279 Å². The molecule has 6 fully saturated rings. The predicted molar refractivity (Wildman–Crippen MR) is 411 cm³/mol. The fourth-order valence-electron chi connectivity index (χ4n) is 14.0. The second kappa shape index (κ2) is 49.5. The van der Waals surface area contributed by atoms with Gasteiger partial charge in [-0.2, -0.15) is 0 Å². The molecule has 2 N–H and O–H groups in total. The van der Waals surface area contributed by atoms with Crippen molar-refractivity contribution in [3.05, 3.63) is 0 Å². The molecule has 30 heteroatoms. The fraction of sp³-hybridized carbons (Fsp3) is 0.959. The lowest BCUT2D eigenvalue weighted by Crippen LogP contribution is -2.34. The zero-order valence-electron chi connectivity index (χ0n) is 65.5. The average Bonchev–Trinajstić information content (AvgIpc) is 1.73. The Morgan fingerprint density at radius 2 is 0.689 bits per heavy atom. The van der Waals surface area contributed by atoms with Crippen LogP contribution in [0.2, 0.25) is 0 Å². The van der Waals surface area contributed by atoms with E-state index in [0.29, 0.717) is 89.4 Å². The van der Waals surface area contributed by atoms with Crippen LogP contribution < -0.4 is 0 Å². The van der Waals surface area contributed by atoms with E-state index in [-0.39, 0.29) is 59.1 Å². The van der Waals surface area contributed by atoms with Gasteiger partial charge in [0.25, 0.3) is 0 Å². The molecule has 0 radical (unpaired) electrons. The third-order valence-corrected chi connectivity index (χ3v) is 25.7. The van der Waals surface area contributed by atoms with Gasteiger partial charge in [0.1, 0.15) is 18.3 Å². The first kappa shape index (κ1) is 90.1. The Labute approximate surface area is 622 Å². The monoisotopic (exact) mass is 1540 g/mol. The van der Waals surface area contributed by atoms with E-state index in [1.165, 1.54) is 141 Å². The molecule has 0 saturated carbocycles. The minimum atomic E-state index is -4.57. The highest BCUT2D eigenvalue weighted by molar-refractivity contribution is 7.53. The molecule has 0 bridgehead atoms. The molecule has 602 valence electrons. The standard InChI is InChI=1S/C73H143N9O17P4/c1-10-13-16-19-22-25-28-31-34-39-47-80-53-50-77(7)70(80)74-100(84,94-62-68-66(46-60-90-68)98-102(86,99-73(4,5)6)76-72-79(9)52-55-82(72)49-41-36-33-30-27-24-21-18-15-12-3)96-64-44-58-89-67(64)61-93-101(85,75-71-78(8)51-54-81(71)48-40-35-32-29-26-23-20-17-14-11-2)97-65-45-59-91-69(65)63-95-103(87,88)92-57-43-38-37-42-56-83/h64-69,83H,10-63H2,1-9H3,(H,87,88)/t64-,65-,66-,67-,68?,69-,100?,101?,102?/m1/s1. The number of ether oxygens (including phenoxy) is 3. The van der Waals surface area contributed by atoms with Gasteiger partial charge in [-0.3, -0.25) is 36.2 Å². The number of aliphatic hydroxyl groups excluding tert-OH is 1. The van der Waals surface area contributed by atoms with E-state index in [9.17, 15) is 9.46 Å². The van der Waals surface area contributed by atoms with Crippen molar-refractivity contribution < 1.29 is 78.7 Å². The molecule has 6 saturated heterocycles. The van der Waals surface area contributed by atoms with Crippen LogP contribution in [0.5, 0.6) is 0 Å². The van der Waals surface area contributed by atoms with Crippen molar-refractivity contribution in [3.8, 4) is 0 Å². The van der Waals surface area contributed by atoms with Crippen molar-refractivity contribution in [1.82, 2.24) is 29.4 Å². The summed E-state index contributed by atoms with van der Waals surface area (Å²) >= 11 is 0. The molecule has 0 aliphatic carbocycles. The number of unbranched alkanes of at least 4 members (excludes halogenated alkanes) is 30. The Bertz CT molecular complexity index is 2620. The van der Waals surface area contributed by atoms with Crippen molar-refractivity contribution in [1.29, 1.82) is 0 Å². The zero-order chi connectivity index (χ0) is 74.2. The lowest BCUT2D eigenvalue weighted by Gasteiger charge is -2.30. The molecule has 103 heavy (non-hydrogen) atoms. The molecular weight excluding hydrogens is 1400 g/mol.